The zero-order valence-corrected chi connectivity index (χ0v) is 14.2. The standard InChI is InChI=1S/C17H19ClN4O2/c1-20-15(6-8-19-20)17(24)21-9-7-16(23)22(11-10-21)12-13-4-2-3-5-14(13)18/h2-6,8H,7,9-12H2,1H3. The van der Waals surface area contributed by atoms with Crippen LogP contribution >= 0.6 is 11.6 Å². The normalized spacial score (nSPS) is 15.5. The van der Waals surface area contributed by atoms with Gasteiger partial charge in [0.25, 0.3) is 5.91 Å². The third-order valence-corrected chi connectivity index (χ3v) is 4.60. The second kappa shape index (κ2) is 7.05. The first-order valence-corrected chi connectivity index (χ1v) is 8.22. The zero-order valence-electron chi connectivity index (χ0n) is 13.5. The molecule has 0 bridgehead atoms. The summed E-state index contributed by atoms with van der Waals surface area (Å²) in [6.45, 7) is 1.88. The predicted octanol–water partition coefficient (Wildman–Crippen LogP) is 1.95. The van der Waals surface area contributed by atoms with Crippen molar-refractivity contribution in [1.82, 2.24) is 19.6 Å². The molecule has 1 aliphatic rings. The molecule has 1 aliphatic heterocycles. The van der Waals surface area contributed by atoms with Crippen LogP contribution in [0.4, 0.5) is 0 Å². The summed E-state index contributed by atoms with van der Waals surface area (Å²) in [4.78, 5) is 28.4. The third kappa shape index (κ3) is 3.43. The molecule has 0 radical (unpaired) electrons. The van der Waals surface area contributed by atoms with Crippen LogP contribution in [0.5, 0.6) is 0 Å². The first kappa shape index (κ1) is 16.5. The van der Waals surface area contributed by atoms with Crippen LogP contribution in [0.2, 0.25) is 5.02 Å². The van der Waals surface area contributed by atoms with Gasteiger partial charge >= 0.3 is 0 Å². The molecule has 7 heteroatoms. The maximum atomic E-state index is 12.6. The zero-order chi connectivity index (χ0) is 17.1. The van der Waals surface area contributed by atoms with E-state index in [1.165, 1.54) is 0 Å². The molecular formula is C17H19ClN4O2. The van der Waals surface area contributed by atoms with Crippen molar-refractivity contribution in [2.24, 2.45) is 7.05 Å². The largest absolute Gasteiger partial charge is 0.336 e. The molecule has 0 N–H and O–H groups in total. The van der Waals surface area contributed by atoms with Gasteiger partial charge in [-0.05, 0) is 17.7 Å². The highest BCUT2D eigenvalue weighted by Crippen LogP contribution is 2.19. The van der Waals surface area contributed by atoms with Crippen LogP contribution in [-0.2, 0) is 18.4 Å². The van der Waals surface area contributed by atoms with E-state index in [1.807, 2.05) is 24.3 Å². The summed E-state index contributed by atoms with van der Waals surface area (Å²) in [5, 5.41) is 4.68. The van der Waals surface area contributed by atoms with Crippen molar-refractivity contribution < 1.29 is 9.59 Å². The summed E-state index contributed by atoms with van der Waals surface area (Å²) in [5.41, 5.74) is 1.45. The van der Waals surface area contributed by atoms with Gasteiger partial charge in [0.15, 0.2) is 0 Å². The maximum Gasteiger partial charge on any atom is 0.272 e. The lowest BCUT2D eigenvalue weighted by atomic mass is 10.2. The van der Waals surface area contributed by atoms with Gasteiger partial charge < -0.3 is 9.80 Å². The SMILES string of the molecule is Cn1nccc1C(=O)N1CCC(=O)N(Cc2ccccc2Cl)CC1. The summed E-state index contributed by atoms with van der Waals surface area (Å²) in [6, 6.07) is 9.19. The Kier molecular flexibility index (Phi) is 4.85. The lowest BCUT2D eigenvalue weighted by molar-refractivity contribution is -0.130. The monoisotopic (exact) mass is 346 g/mol. The molecule has 0 aliphatic carbocycles. The Morgan fingerprint density at radius 2 is 2.00 bits per heavy atom. The maximum absolute atomic E-state index is 12.6. The Hall–Kier alpha value is -2.34. The van der Waals surface area contributed by atoms with Crippen LogP contribution in [0.1, 0.15) is 22.5 Å². The van der Waals surface area contributed by atoms with E-state index in [4.69, 9.17) is 11.6 Å². The van der Waals surface area contributed by atoms with E-state index in [1.54, 1.807) is 33.8 Å². The first-order chi connectivity index (χ1) is 11.6. The average molecular weight is 347 g/mol. The van der Waals surface area contributed by atoms with Gasteiger partial charge in [-0.15, -0.1) is 0 Å². The van der Waals surface area contributed by atoms with Crippen molar-refractivity contribution in [3.8, 4) is 0 Å². The fraction of sp³-hybridized carbons (Fsp3) is 0.353. The fourth-order valence-corrected chi connectivity index (χ4v) is 3.01. The second-order valence-corrected chi connectivity index (χ2v) is 6.20. The number of carbonyl (C=O) groups is 2. The average Bonchev–Trinajstić information content (AvgIpc) is 2.91. The number of nitrogens with zero attached hydrogens (tertiary/aromatic N) is 4. The number of hydrogen-bond acceptors (Lipinski definition) is 3. The Bertz CT molecular complexity index is 759. The van der Waals surface area contributed by atoms with Gasteiger partial charge in [0.2, 0.25) is 5.91 Å². The van der Waals surface area contributed by atoms with Crippen LogP contribution in [0.25, 0.3) is 0 Å². The number of aromatic nitrogens is 2. The smallest absolute Gasteiger partial charge is 0.272 e. The molecule has 2 amide bonds. The summed E-state index contributed by atoms with van der Waals surface area (Å²) in [6.07, 6.45) is 1.91. The van der Waals surface area contributed by atoms with Crippen LogP contribution in [0, 0.1) is 0 Å². The van der Waals surface area contributed by atoms with Crippen molar-refractivity contribution in [2.75, 3.05) is 19.6 Å². The number of aryl methyl sites for hydroxylation is 1. The molecule has 1 saturated heterocycles. The Labute approximate surface area is 145 Å². The summed E-state index contributed by atoms with van der Waals surface area (Å²) in [7, 11) is 1.74. The van der Waals surface area contributed by atoms with E-state index in [9.17, 15) is 9.59 Å². The number of benzene rings is 1. The number of carbonyl (C=O) groups excluding carboxylic acids is 2. The highest BCUT2D eigenvalue weighted by Gasteiger charge is 2.26. The Balaban J connectivity index is 1.69. The van der Waals surface area contributed by atoms with Crippen molar-refractivity contribution >= 4 is 23.4 Å². The fourth-order valence-electron chi connectivity index (χ4n) is 2.81. The van der Waals surface area contributed by atoms with E-state index < -0.39 is 0 Å². The highest BCUT2D eigenvalue weighted by atomic mass is 35.5. The van der Waals surface area contributed by atoms with Gasteiger partial charge in [-0.2, -0.15) is 5.10 Å². The first-order valence-electron chi connectivity index (χ1n) is 7.84. The van der Waals surface area contributed by atoms with E-state index in [0.717, 1.165) is 5.56 Å². The Morgan fingerprint density at radius 3 is 2.71 bits per heavy atom. The van der Waals surface area contributed by atoms with Gasteiger partial charge in [-0.3, -0.25) is 14.3 Å². The molecular weight excluding hydrogens is 328 g/mol. The Morgan fingerprint density at radius 1 is 1.21 bits per heavy atom. The molecule has 6 nitrogen and oxygen atoms in total. The van der Waals surface area contributed by atoms with Crippen molar-refractivity contribution in [1.29, 1.82) is 0 Å². The quantitative estimate of drug-likeness (QED) is 0.853. The van der Waals surface area contributed by atoms with Crippen molar-refractivity contribution in [3.63, 3.8) is 0 Å². The van der Waals surface area contributed by atoms with Gasteiger partial charge in [0, 0.05) is 50.9 Å². The molecule has 0 unspecified atom stereocenters. The lowest BCUT2D eigenvalue weighted by Gasteiger charge is -2.22. The minimum atomic E-state index is -0.0950. The number of rotatable bonds is 3. The van der Waals surface area contributed by atoms with Gasteiger partial charge in [-0.1, -0.05) is 29.8 Å². The number of halogens is 1. The number of hydrogen-bond donors (Lipinski definition) is 0. The molecule has 1 aromatic carbocycles. The second-order valence-electron chi connectivity index (χ2n) is 5.79. The summed E-state index contributed by atoms with van der Waals surface area (Å²) in [5.74, 6) is -0.0578. The van der Waals surface area contributed by atoms with Crippen LogP contribution in [-0.4, -0.2) is 51.0 Å². The van der Waals surface area contributed by atoms with Gasteiger partial charge in [0.05, 0.1) is 0 Å². The third-order valence-electron chi connectivity index (χ3n) is 4.23. The molecule has 1 aromatic heterocycles. The molecule has 0 spiro atoms. The summed E-state index contributed by atoms with van der Waals surface area (Å²) < 4.78 is 1.55. The lowest BCUT2D eigenvalue weighted by Crippen LogP contribution is -2.36. The van der Waals surface area contributed by atoms with Crippen molar-refractivity contribution in [3.05, 3.63) is 52.8 Å². The van der Waals surface area contributed by atoms with Crippen LogP contribution < -0.4 is 0 Å². The predicted molar refractivity (Wildman–Crippen MR) is 90.6 cm³/mol. The van der Waals surface area contributed by atoms with E-state index in [2.05, 4.69) is 5.10 Å². The molecule has 0 saturated carbocycles. The molecule has 24 heavy (non-hydrogen) atoms. The topological polar surface area (TPSA) is 58.4 Å². The number of amides is 2. The van der Waals surface area contributed by atoms with Gasteiger partial charge in [-0.25, -0.2) is 0 Å². The summed E-state index contributed by atoms with van der Waals surface area (Å²) >= 11 is 6.18. The van der Waals surface area contributed by atoms with Crippen LogP contribution in [0.3, 0.4) is 0 Å². The molecule has 3 rings (SSSR count). The van der Waals surface area contributed by atoms with Crippen LogP contribution in [0.15, 0.2) is 36.5 Å². The molecule has 2 heterocycles. The van der Waals surface area contributed by atoms with E-state index in [0.29, 0.717) is 43.3 Å². The molecule has 0 atom stereocenters. The molecule has 2 aromatic rings. The minimum Gasteiger partial charge on any atom is -0.336 e. The van der Waals surface area contributed by atoms with E-state index >= 15 is 0 Å². The minimum absolute atomic E-state index is 0.0372. The van der Waals surface area contributed by atoms with E-state index in [-0.39, 0.29) is 11.8 Å². The molecule has 1 fully saturated rings. The molecule has 126 valence electrons. The van der Waals surface area contributed by atoms with Gasteiger partial charge in [0.1, 0.15) is 5.69 Å². The highest BCUT2D eigenvalue weighted by molar-refractivity contribution is 6.31. The van der Waals surface area contributed by atoms with Crippen molar-refractivity contribution in [2.45, 2.75) is 13.0 Å².